The average molecular weight is 219 g/mol. The Morgan fingerprint density at radius 1 is 1.40 bits per heavy atom. The van der Waals surface area contributed by atoms with Gasteiger partial charge in [0.2, 0.25) is 0 Å². The van der Waals surface area contributed by atoms with Gasteiger partial charge in [-0.25, -0.2) is 4.79 Å². The molecule has 0 aliphatic heterocycles. The Hall–Kier alpha value is -0.661. The van der Waals surface area contributed by atoms with Crippen molar-refractivity contribution in [2.45, 2.75) is 0 Å². The van der Waals surface area contributed by atoms with E-state index in [4.69, 9.17) is 5.11 Å². The summed E-state index contributed by atoms with van der Waals surface area (Å²) in [5, 5.41) is 8.37. The molecule has 0 saturated carbocycles. The smallest absolute Gasteiger partial charge is 0.311 e. The van der Waals surface area contributed by atoms with Crippen LogP contribution in [0.4, 0.5) is 0 Å². The van der Waals surface area contributed by atoms with Gasteiger partial charge >= 0.3 is 5.97 Å². The van der Waals surface area contributed by atoms with Crippen molar-refractivity contribution < 1.29 is 30.0 Å². The van der Waals surface area contributed by atoms with E-state index < -0.39 is 5.97 Å². The molecule has 10 heavy (non-hydrogen) atoms. The van der Waals surface area contributed by atoms with Crippen molar-refractivity contribution in [1.82, 2.24) is 0 Å². The standard InChI is InChI=1S/C7H5O2.Tc/c8-7(9)6-4-2-1-3-5-6;/h2-5H,(H,8,9);/q-1;. The molecule has 53 valence electrons. The molecule has 0 fully saturated rings. The number of aromatic carboxylic acids is 1. The SMILES string of the molecule is O=C(O)c1cc[c-]cc1.[Tc]. The Bertz CT molecular complexity index is 208. The molecule has 0 aliphatic rings. The van der Waals surface area contributed by atoms with Crippen LogP contribution in [0.1, 0.15) is 10.4 Å². The van der Waals surface area contributed by atoms with Crippen molar-refractivity contribution >= 4 is 5.97 Å². The molecule has 1 radical (unpaired) electrons. The normalized spacial score (nSPS) is 8.00. The van der Waals surface area contributed by atoms with E-state index in [9.17, 15) is 4.79 Å². The molecule has 3 heteroatoms. The molecular formula is C7H5O2Tc-. The van der Waals surface area contributed by atoms with Gasteiger partial charge in [-0.1, -0.05) is 0 Å². The summed E-state index contributed by atoms with van der Waals surface area (Å²) in [6, 6.07) is 8.87. The maximum absolute atomic E-state index is 10.2. The molecule has 2 nitrogen and oxygen atoms in total. The minimum Gasteiger partial charge on any atom is -0.479 e. The van der Waals surface area contributed by atoms with E-state index in [1.54, 1.807) is 12.1 Å². The van der Waals surface area contributed by atoms with Gasteiger partial charge in [-0.2, -0.15) is 30.3 Å². The summed E-state index contributed by atoms with van der Waals surface area (Å²) in [4.78, 5) is 10.2. The van der Waals surface area contributed by atoms with Gasteiger partial charge in [0.05, 0.1) is 0 Å². The van der Waals surface area contributed by atoms with Crippen LogP contribution in [0.3, 0.4) is 0 Å². The maximum atomic E-state index is 10.2. The molecule has 0 aliphatic carbocycles. The Morgan fingerprint density at radius 3 is 2.20 bits per heavy atom. The summed E-state index contributed by atoms with van der Waals surface area (Å²) in [5.74, 6) is -0.899. The van der Waals surface area contributed by atoms with Crippen LogP contribution in [-0.4, -0.2) is 11.1 Å². The van der Waals surface area contributed by atoms with Crippen LogP contribution < -0.4 is 0 Å². The summed E-state index contributed by atoms with van der Waals surface area (Å²) in [6.07, 6.45) is 0. The van der Waals surface area contributed by atoms with Crippen LogP contribution in [0.5, 0.6) is 0 Å². The van der Waals surface area contributed by atoms with Crippen LogP contribution in [0.15, 0.2) is 24.3 Å². The van der Waals surface area contributed by atoms with Gasteiger partial charge in [-0.3, -0.25) is 0 Å². The zero-order valence-corrected chi connectivity index (χ0v) is 6.90. The molecule has 1 N–H and O–H groups in total. The van der Waals surface area contributed by atoms with E-state index in [1.165, 1.54) is 12.1 Å². The fraction of sp³-hybridized carbons (Fsp3) is 0. The van der Waals surface area contributed by atoms with Gasteiger partial charge in [0.25, 0.3) is 0 Å². The van der Waals surface area contributed by atoms with Gasteiger partial charge in [0.1, 0.15) is 0 Å². The first-order valence-electron chi connectivity index (χ1n) is 2.50. The first-order chi connectivity index (χ1) is 4.30. The van der Waals surface area contributed by atoms with Crippen molar-refractivity contribution in [3.63, 3.8) is 0 Å². The minimum absolute atomic E-state index is 0. The first-order valence-corrected chi connectivity index (χ1v) is 2.50. The third-order valence-electron chi connectivity index (χ3n) is 0.965. The van der Waals surface area contributed by atoms with Gasteiger partial charge in [-0.05, 0) is 5.56 Å². The first kappa shape index (κ1) is 9.34. The summed E-state index contributed by atoms with van der Waals surface area (Å²) < 4.78 is 0. The van der Waals surface area contributed by atoms with Crippen molar-refractivity contribution in [2.75, 3.05) is 0 Å². The van der Waals surface area contributed by atoms with Crippen LogP contribution in [-0.2, 0) is 20.1 Å². The third-order valence-corrected chi connectivity index (χ3v) is 0.965. The monoisotopic (exact) mass is 218 g/mol. The molecule has 0 bridgehead atoms. The quantitative estimate of drug-likeness (QED) is 0.720. The van der Waals surface area contributed by atoms with Gasteiger partial charge < -0.3 is 5.11 Å². The zero-order valence-electron chi connectivity index (χ0n) is 5.04. The molecule has 1 aromatic rings. The Balaban J connectivity index is 0.000000810. The van der Waals surface area contributed by atoms with Crippen molar-refractivity contribution in [3.05, 3.63) is 35.9 Å². The molecule has 0 heterocycles. The van der Waals surface area contributed by atoms with Crippen LogP contribution in [0.2, 0.25) is 0 Å². The van der Waals surface area contributed by atoms with Crippen LogP contribution in [0, 0.1) is 6.07 Å². The molecule has 0 aromatic heterocycles. The van der Waals surface area contributed by atoms with E-state index >= 15 is 0 Å². The molecular weight excluding hydrogens is 214 g/mol. The molecule has 0 amide bonds. The van der Waals surface area contributed by atoms with Gasteiger partial charge in [-0.15, -0.1) is 0 Å². The van der Waals surface area contributed by atoms with Crippen molar-refractivity contribution in [2.24, 2.45) is 0 Å². The Morgan fingerprint density at radius 2 is 1.90 bits per heavy atom. The predicted octanol–water partition coefficient (Wildman–Crippen LogP) is 1.18. The Labute approximate surface area is 72.2 Å². The summed E-state index contributed by atoms with van der Waals surface area (Å²) >= 11 is 0. The number of hydrogen-bond donors (Lipinski definition) is 1. The zero-order chi connectivity index (χ0) is 6.69. The fourth-order valence-corrected chi connectivity index (χ4v) is 0.529. The van der Waals surface area contributed by atoms with E-state index in [-0.39, 0.29) is 20.1 Å². The van der Waals surface area contributed by atoms with Crippen LogP contribution in [0.25, 0.3) is 0 Å². The largest absolute Gasteiger partial charge is 0.479 e. The second kappa shape index (κ2) is 4.20. The minimum atomic E-state index is -0.899. The third kappa shape index (κ3) is 2.29. The van der Waals surface area contributed by atoms with Crippen LogP contribution >= 0.6 is 0 Å². The molecule has 0 unspecified atom stereocenters. The van der Waals surface area contributed by atoms with Gasteiger partial charge in [0.15, 0.2) is 0 Å². The summed E-state index contributed by atoms with van der Waals surface area (Å²) in [5.41, 5.74) is 0.300. The average Bonchev–Trinajstić information content (AvgIpc) is 1.90. The predicted molar refractivity (Wildman–Crippen MR) is 32.2 cm³/mol. The van der Waals surface area contributed by atoms with Crippen molar-refractivity contribution in [1.29, 1.82) is 0 Å². The Kier molecular flexibility index (Phi) is 3.92. The molecule has 0 saturated heterocycles. The number of carbonyl (C=O) groups is 1. The number of carboxylic acids is 1. The van der Waals surface area contributed by atoms with E-state index in [2.05, 4.69) is 6.07 Å². The van der Waals surface area contributed by atoms with E-state index in [0.29, 0.717) is 5.56 Å². The molecule has 0 spiro atoms. The maximum Gasteiger partial charge on any atom is 0.311 e. The molecule has 1 aromatic carbocycles. The summed E-state index contributed by atoms with van der Waals surface area (Å²) in [6.45, 7) is 0. The van der Waals surface area contributed by atoms with E-state index in [1.807, 2.05) is 0 Å². The fourth-order valence-electron chi connectivity index (χ4n) is 0.529. The number of hydrogen-bond acceptors (Lipinski definition) is 1. The molecule has 1 rings (SSSR count). The second-order valence-electron chi connectivity index (χ2n) is 1.59. The summed E-state index contributed by atoms with van der Waals surface area (Å²) in [7, 11) is 0. The number of benzene rings is 1. The number of carboxylic acid groups (broad SMARTS) is 1. The topological polar surface area (TPSA) is 37.3 Å². The second-order valence-corrected chi connectivity index (χ2v) is 1.59. The van der Waals surface area contributed by atoms with E-state index in [0.717, 1.165) is 0 Å². The van der Waals surface area contributed by atoms with Gasteiger partial charge in [0, 0.05) is 20.1 Å². The van der Waals surface area contributed by atoms with Crippen molar-refractivity contribution in [3.8, 4) is 0 Å². The number of rotatable bonds is 1. The molecule has 0 atom stereocenters.